The van der Waals surface area contributed by atoms with Crippen LogP contribution in [0.5, 0.6) is 0 Å². The topological polar surface area (TPSA) is 26.3 Å². The minimum atomic E-state index is 0.109. The van der Waals surface area contributed by atoms with Gasteiger partial charge in [-0.25, -0.2) is 4.79 Å². The molecule has 0 aromatic heterocycles. The van der Waals surface area contributed by atoms with Crippen molar-refractivity contribution in [3.8, 4) is 0 Å². The SMILES string of the molecule is CC(C)CCC[C@@H](C)[C@H]1CC[C@H]2[C@@H]3CCC4CCCC(O[C]=O)[C@]4(C)[C@H]3CC[C@]12C. The maximum absolute atomic E-state index is 11.2. The van der Waals surface area contributed by atoms with Gasteiger partial charge in [-0.05, 0) is 105 Å². The van der Waals surface area contributed by atoms with Crippen LogP contribution in [0.3, 0.4) is 0 Å². The highest BCUT2D eigenvalue weighted by Crippen LogP contribution is 2.68. The van der Waals surface area contributed by atoms with E-state index >= 15 is 0 Å². The molecule has 0 amide bonds. The van der Waals surface area contributed by atoms with Gasteiger partial charge < -0.3 is 4.74 Å². The normalized spacial score (nSPS) is 46.6. The summed E-state index contributed by atoms with van der Waals surface area (Å²) >= 11 is 0. The molecule has 4 aliphatic carbocycles. The zero-order valence-electron chi connectivity index (χ0n) is 20.4. The Morgan fingerprint density at radius 1 is 0.933 bits per heavy atom. The Bertz CT molecular complexity index is 599. The summed E-state index contributed by atoms with van der Waals surface area (Å²) in [7, 11) is 0. The highest BCUT2D eigenvalue weighted by atomic mass is 16.5. The molecule has 2 unspecified atom stereocenters. The van der Waals surface area contributed by atoms with Gasteiger partial charge in [0.2, 0.25) is 0 Å². The molecule has 0 aliphatic heterocycles. The summed E-state index contributed by atoms with van der Waals surface area (Å²) in [5.74, 6) is 5.89. The third-order valence-corrected chi connectivity index (χ3v) is 11.1. The third-order valence-electron chi connectivity index (χ3n) is 11.1. The first kappa shape index (κ1) is 22.7. The molecule has 0 saturated heterocycles. The van der Waals surface area contributed by atoms with Gasteiger partial charge in [0.1, 0.15) is 6.10 Å². The summed E-state index contributed by atoms with van der Waals surface area (Å²) in [4.78, 5) is 11.2. The fourth-order valence-electron chi connectivity index (χ4n) is 9.56. The van der Waals surface area contributed by atoms with E-state index in [0.29, 0.717) is 5.41 Å². The number of rotatable bonds is 7. The molecule has 30 heavy (non-hydrogen) atoms. The van der Waals surface area contributed by atoms with Crippen LogP contribution in [-0.4, -0.2) is 12.6 Å². The molecular weight excluding hydrogens is 368 g/mol. The van der Waals surface area contributed by atoms with Crippen molar-refractivity contribution in [2.75, 3.05) is 0 Å². The summed E-state index contributed by atoms with van der Waals surface area (Å²) < 4.78 is 5.66. The summed E-state index contributed by atoms with van der Waals surface area (Å²) in [5.41, 5.74) is 0.740. The van der Waals surface area contributed by atoms with Gasteiger partial charge in [-0.1, -0.05) is 53.9 Å². The van der Waals surface area contributed by atoms with Crippen molar-refractivity contribution >= 4 is 6.47 Å². The van der Waals surface area contributed by atoms with Gasteiger partial charge in [-0.3, -0.25) is 0 Å². The van der Waals surface area contributed by atoms with Crippen molar-refractivity contribution in [2.24, 2.45) is 52.3 Å². The minimum absolute atomic E-state index is 0.109. The largest absolute Gasteiger partial charge is 0.453 e. The number of fused-ring (bicyclic) bond motifs is 5. The van der Waals surface area contributed by atoms with E-state index < -0.39 is 0 Å². The first-order valence-electron chi connectivity index (χ1n) is 13.3. The van der Waals surface area contributed by atoms with Crippen LogP contribution in [0.1, 0.15) is 112 Å². The predicted molar refractivity (Wildman–Crippen MR) is 124 cm³/mol. The molecule has 0 aromatic rings. The van der Waals surface area contributed by atoms with E-state index in [-0.39, 0.29) is 11.5 Å². The van der Waals surface area contributed by atoms with E-state index in [4.69, 9.17) is 4.74 Å². The molecule has 4 fully saturated rings. The second-order valence-electron chi connectivity index (χ2n) is 12.7. The lowest BCUT2D eigenvalue weighted by molar-refractivity contribution is -0.160. The van der Waals surface area contributed by atoms with Gasteiger partial charge in [-0.15, -0.1) is 0 Å². The molecule has 9 atom stereocenters. The van der Waals surface area contributed by atoms with Crippen molar-refractivity contribution < 1.29 is 9.53 Å². The van der Waals surface area contributed by atoms with Gasteiger partial charge in [0, 0.05) is 5.41 Å². The van der Waals surface area contributed by atoms with E-state index in [1.807, 2.05) is 6.47 Å². The maximum atomic E-state index is 11.2. The fourth-order valence-corrected chi connectivity index (χ4v) is 9.56. The van der Waals surface area contributed by atoms with Crippen LogP contribution in [0.2, 0.25) is 0 Å². The summed E-state index contributed by atoms with van der Waals surface area (Å²) in [5, 5.41) is 0. The van der Waals surface area contributed by atoms with Crippen molar-refractivity contribution in [1.82, 2.24) is 0 Å². The van der Waals surface area contributed by atoms with Crippen molar-refractivity contribution in [3.05, 3.63) is 0 Å². The van der Waals surface area contributed by atoms with E-state index in [0.717, 1.165) is 47.8 Å². The predicted octanol–water partition coefficient (Wildman–Crippen LogP) is 7.56. The highest BCUT2D eigenvalue weighted by molar-refractivity contribution is 5.39. The van der Waals surface area contributed by atoms with Gasteiger partial charge in [0.25, 0.3) is 0 Å². The zero-order valence-corrected chi connectivity index (χ0v) is 20.4. The lowest BCUT2D eigenvalue weighted by atomic mass is 9.44. The second-order valence-corrected chi connectivity index (χ2v) is 12.7. The molecular formula is C28H47O2. The molecule has 0 aromatic carbocycles. The molecule has 4 saturated carbocycles. The molecule has 0 heterocycles. The quantitative estimate of drug-likeness (QED) is 0.429. The lowest BCUT2D eigenvalue weighted by Gasteiger charge is -2.62. The summed E-state index contributed by atoms with van der Waals surface area (Å²) in [6.07, 6.45) is 16.4. The van der Waals surface area contributed by atoms with Crippen LogP contribution >= 0.6 is 0 Å². The first-order valence-corrected chi connectivity index (χ1v) is 13.3. The molecule has 0 N–H and O–H groups in total. The van der Waals surface area contributed by atoms with Crippen LogP contribution in [-0.2, 0) is 9.53 Å². The molecule has 2 nitrogen and oxygen atoms in total. The average Bonchev–Trinajstić information content (AvgIpc) is 3.05. The zero-order chi connectivity index (χ0) is 21.5. The van der Waals surface area contributed by atoms with Gasteiger partial charge in [-0.2, -0.15) is 0 Å². The molecule has 0 spiro atoms. The fraction of sp³-hybridized carbons (Fsp3) is 0.964. The number of hydrogen-bond acceptors (Lipinski definition) is 2. The number of carbonyl (C=O) groups excluding carboxylic acids is 1. The van der Waals surface area contributed by atoms with E-state index in [1.54, 1.807) is 0 Å². The molecule has 4 aliphatic rings. The van der Waals surface area contributed by atoms with Crippen molar-refractivity contribution in [2.45, 2.75) is 118 Å². The Labute approximate surface area is 186 Å². The molecule has 4 rings (SSSR count). The summed E-state index contributed by atoms with van der Waals surface area (Å²) in [6.45, 7) is 14.3. The average molecular weight is 416 g/mol. The standard InChI is InChI=1S/C28H47O2/c1-19(2)8-6-9-20(3)23-14-15-24-22-13-12-21-10-7-11-26(30-18-29)28(21,5)25(22)16-17-27(23,24)4/h19-26H,6-17H2,1-5H3/t20-,21?,22+,23-,24+,25+,26?,27-,28+/m1/s1. The van der Waals surface area contributed by atoms with Gasteiger partial charge in [0.05, 0.1) is 0 Å². The maximum Gasteiger partial charge on any atom is 0.417 e. The Morgan fingerprint density at radius 2 is 1.73 bits per heavy atom. The Balaban J connectivity index is 1.50. The number of ether oxygens (including phenoxy) is 1. The number of hydrogen-bond donors (Lipinski definition) is 0. The van der Waals surface area contributed by atoms with Crippen molar-refractivity contribution in [3.63, 3.8) is 0 Å². The van der Waals surface area contributed by atoms with E-state index in [9.17, 15) is 4.79 Å². The van der Waals surface area contributed by atoms with Crippen LogP contribution < -0.4 is 0 Å². The Morgan fingerprint density at radius 3 is 2.47 bits per heavy atom. The van der Waals surface area contributed by atoms with Crippen LogP contribution in [0.15, 0.2) is 0 Å². The lowest BCUT2D eigenvalue weighted by Crippen LogP contribution is -2.58. The highest BCUT2D eigenvalue weighted by Gasteiger charge is 2.62. The van der Waals surface area contributed by atoms with Gasteiger partial charge >= 0.3 is 6.47 Å². The third kappa shape index (κ3) is 3.66. The van der Waals surface area contributed by atoms with Crippen LogP contribution in [0.25, 0.3) is 0 Å². The molecule has 1 radical (unpaired) electrons. The first-order chi connectivity index (χ1) is 14.3. The Hall–Kier alpha value is -0.530. The van der Waals surface area contributed by atoms with Crippen molar-refractivity contribution in [1.29, 1.82) is 0 Å². The molecule has 2 heteroatoms. The second kappa shape index (κ2) is 8.78. The Kier molecular flexibility index (Phi) is 6.63. The van der Waals surface area contributed by atoms with E-state index in [1.165, 1.54) is 70.6 Å². The van der Waals surface area contributed by atoms with Crippen LogP contribution in [0.4, 0.5) is 0 Å². The minimum Gasteiger partial charge on any atom is -0.453 e. The molecule has 0 bridgehead atoms. The van der Waals surface area contributed by atoms with Crippen LogP contribution in [0, 0.1) is 52.3 Å². The smallest absolute Gasteiger partial charge is 0.417 e. The monoisotopic (exact) mass is 415 g/mol. The van der Waals surface area contributed by atoms with E-state index in [2.05, 4.69) is 34.6 Å². The molecule has 171 valence electrons. The van der Waals surface area contributed by atoms with Gasteiger partial charge in [0.15, 0.2) is 0 Å². The summed E-state index contributed by atoms with van der Waals surface area (Å²) in [6, 6.07) is 0.